The fourth-order valence-electron chi connectivity index (χ4n) is 3.91. The number of piperidine rings is 1. The average molecular weight is 420 g/mol. The predicted molar refractivity (Wildman–Crippen MR) is 113 cm³/mol. The van der Waals surface area contributed by atoms with Gasteiger partial charge in [0.05, 0.1) is 18.8 Å². The smallest absolute Gasteiger partial charge is 0.409 e. The maximum absolute atomic E-state index is 12.2. The van der Waals surface area contributed by atoms with Crippen LogP contribution in [0.2, 0.25) is 0 Å². The van der Waals surface area contributed by atoms with Gasteiger partial charge in [0.2, 0.25) is 0 Å². The molecule has 2 aliphatic heterocycles. The van der Waals surface area contributed by atoms with Crippen LogP contribution in [0.4, 0.5) is 15.4 Å². The molecule has 3 amide bonds. The van der Waals surface area contributed by atoms with Crippen LogP contribution in [0.25, 0.3) is 0 Å². The highest BCUT2D eigenvalue weighted by Crippen LogP contribution is 2.18. The van der Waals surface area contributed by atoms with Gasteiger partial charge in [0.25, 0.3) is 0 Å². The van der Waals surface area contributed by atoms with Gasteiger partial charge < -0.3 is 29.9 Å². The molecule has 2 aliphatic rings. The molecular formula is C21H33N5O4. The first-order valence-corrected chi connectivity index (χ1v) is 10.8. The Labute approximate surface area is 178 Å². The first kappa shape index (κ1) is 22.1. The van der Waals surface area contributed by atoms with Gasteiger partial charge >= 0.3 is 12.1 Å². The number of carbonyl (C=O) groups excluding carboxylic acids is 2. The number of hydrogen-bond acceptors (Lipinski definition) is 6. The summed E-state index contributed by atoms with van der Waals surface area (Å²) in [6, 6.07) is 3.83. The van der Waals surface area contributed by atoms with E-state index < -0.39 is 0 Å². The molecule has 0 aliphatic carbocycles. The van der Waals surface area contributed by atoms with Crippen molar-refractivity contribution in [2.24, 2.45) is 0 Å². The van der Waals surface area contributed by atoms with Crippen molar-refractivity contribution >= 4 is 17.9 Å². The zero-order valence-electron chi connectivity index (χ0n) is 18.1. The Kier molecular flexibility index (Phi) is 7.73. The number of nitrogens with zero attached hydrogens (tertiary/aromatic N) is 3. The van der Waals surface area contributed by atoms with E-state index >= 15 is 0 Å². The molecule has 2 unspecified atom stereocenters. The Balaban J connectivity index is 1.39. The summed E-state index contributed by atoms with van der Waals surface area (Å²) in [5.41, 5.74) is 0.945. The second-order valence-corrected chi connectivity index (χ2v) is 7.97. The number of likely N-dealkylation sites (tertiary alicyclic amines) is 1. The summed E-state index contributed by atoms with van der Waals surface area (Å²) in [7, 11) is 0. The van der Waals surface area contributed by atoms with Crippen molar-refractivity contribution in [1.29, 1.82) is 0 Å². The summed E-state index contributed by atoms with van der Waals surface area (Å²) in [4.78, 5) is 32.4. The van der Waals surface area contributed by atoms with Gasteiger partial charge in [-0.05, 0) is 45.2 Å². The lowest BCUT2D eigenvalue weighted by Crippen LogP contribution is -2.49. The largest absolute Gasteiger partial charge is 0.450 e. The molecule has 166 valence electrons. The second kappa shape index (κ2) is 10.5. The highest BCUT2D eigenvalue weighted by Gasteiger charge is 2.25. The van der Waals surface area contributed by atoms with Crippen LogP contribution in [0.1, 0.15) is 39.2 Å². The van der Waals surface area contributed by atoms with Crippen LogP contribution in [0.5, 0.6) is 0 Å². The Hall–Kier alpha value is -2.55. The Bertz CT molecular complexity index is 696. The van der Waals surface area contributed by atoms with Gasteiger partial charge in [-0.3, -0.25) is 0 Å². The summed E-state index contributed by atoms with van der Waals surface area (Å²) in [6.07, 6.45) is 3.34. The zero-order valence-corrected chi connectivity index (χ0v) is 18.1. The maximum Gasteiger partial charge on any atom is 0.409 e. The number of nitrogens with one attached hydrogen (secondary N) is 2. The van der Waals surface area contributed by atoms with Gasteiger partial charge in [-0.1, -0.05) is 6.07 Å². The van der Waals surface area contributed by atoms with Crippen LogP contribution in [-0.4, -0.2) is 73.0 Å². The molecule has 3 rings (SSSR count). The molecule has 3 heterocycles. The number of urea groups is 1. The van der Waals surface area contributed by atoms with Crippen molar-refractivity contribution in [3.05, 3.63) is 23.9 Å². The predicted octanol–water partition coefficient (Wildman–Crippen LogP) is 2.12. The highest BCUT2D eigenvalue weighted by molar-refractivity contribution is 5.74. The number of hydrogen-bond donors (Lipinski definition) is 2. The number of pyridine rings is 1. The van der Waals surface area contributed by atoms with E-state index in [2.05, 4.69) is 34.4 Å². The molecule has 9 heteroatoms. The van der Waals surface area contributed by atoms with Crippen LogP contribution in [-0.2, 0) is 16.0 Å². The van der Waals surface area contributed by atoms with E-state index in [1.807, 2.05) is 12.1 Å². The molecule has 9 nitrogen and oxygen atoms in total. The van der Waals surface area contributed by atoms with Crippen molar-refractivity contribution in [1.82, 2.24) is 20.5 Å². The second-order valence-electron chi connectivity index (χ2n) is 7.97. The third kappa shape index (κ3) is 6.22. The number of carbonyl (C=O) groups is 2. The molecule has 0 radical (unpaired) electrons. The molecule has 2 N–H and O–H groups in total. The summed E-state index contributed by atoms with van der Waals surface area (Å²) in [5.74, 6) is 0.929. The average Bonchev–Trinajstić information content (AvgIpc) is 2.72. The van der Waals surface area contributed by atoms with Crippen LogP contribution in [0, 0.1) is 0 Å². The van der Waals surface area contributed by atoms with E-state index in [-0.39, 0.29) is 30.4 Å². The van der Waals surface area contributed by atoms with Crippen LogP contribution >= 0.6 is 0 Å². The van der Waals surface area contributed by atoms with E-state index in [4.69, 9.17) is 9.47 Å². The minimum atomic E-state index is -0.280. The maximum atomic E-state index is 12.2. The molecule has 2 saturated heterocycles. The van der Waals surface area contributed by atoms with Crippen molar-refractivity contribution in [2.75, 3.05) is 37.7 Å². The number of aromatic nitrogens is 1. The summed E-state index contributed by atoms with van der Waals surface area (Å²) in [6.45, 7) is 9.56. The fourth-order valence-corrected chi connectivity index (χ4v) is 3.91. The van der Waals surface area contributed by atoms with Crippen LogP contribution < -0.4 is 15.5 Å². The van der Waals surface area contributed by atoms with Crippen molar-refractivity contribution < 1.29 is 19.1 Å². The lowest BCUT2D eigenvalue weighted by Gasteiger charge is -2.36. The van der Waals surface area contributed by atoms with Crippen molar-refractivity contribution in [2.45, 2.75) is 58.4 Å². The van der Waals surface area contributed by atoms with Gasteiger partial charge in [-0.15, -0.1) is 0 Å². The molecule has 1 aromatic rings. The molecule has 0 aromatic carbocycles. The van der Waals surface area contributed by atoms with Gasteiger partial charge in [-0.2, -0.15) is 0 Å². The van der Waals surface area contributed by atoms with Gasteiger partial charge in [-0.25, -0.2) is 14.6 Å². The number of ether oxygens (including phenoxy) is 2. The third-order valence-electron chi connectivity index (χ3n) is 5.36. The lowest BCUT2D eigenvalue weighted by atomic mass is 10.1. The van der Waals surface area contributed by atoms with Crippen molar-refractivity contribution in [3.8, 4) is 0 Å². The number of amides is 3. The molecule has 2 fully saturated rings. The van der Waals surface area contributed by atoms with Crippen molar-refractivity contribution in [3.63, 3.8) is 0 Å². The van der Waals surface area contributed by atoms with Gasteiger partial charge in [0, 0.05) is 45.0 Å². The van der Waals surface area contributed by atoms with Crippen LogP contribution in [0.3, 0.4) is 0 Å². The Morgan fingerprint density at radius 1 is 1.20 bits per heavy atom. The molecule has 0 bridgehead atoms. The SMILES string of the molecule is CCOC(=O)N1CCC(NC(=O)NCc2ccc(N3CC(C)OC(C)C3)nc2)CC1. The molecule has 1 aromatic heterocycles. The molecule has 0 saturated carbocycles. The lowest BCUT2D eigenvalue weighted by molar-refractivity contribution is -0.00546. The zero-order chi connectivity index (χ0) is 21.5. The van der Waals surface area contributed by atoms with E-state index in [0.717, 1.165) is 37.3 Å². The minimum absolute atomic E-state index is 0.0569. The summed E-state index contributed by atoms with van der Waals surface area (Å²) in [5, 5.41) is 5.87. The van der Waals surface area contributed by atoms with E-state index in [0.29, 0.717) is 26.2 Å². The van der Waals surface area contributed by atoms with E-state index in [1.165, 1.54) is 0 Å². The first-order chi connectivity index (χ1) is 14.4. The molecule has 2 atom stereocenters. The topological polar surface area (TPSA) is 96.0 Å². The van der Waals surface area contributed by atoms with Crippen LogP contribution in [0.15, 0.2) is 18.3 Å². The van der Waals surface area contributed by atoms with Gasteiger partial charge in [0.15, 0.2) is 0 Å². The highest BCUT2D eigenvalue weighted by atomic mass is 16.6. The normalized spacial score (nSPS) is 22.5. The quantitative estimate of drug-likeness (QED) is 0.759. The van der Waals surface area contributed by atoms with Gasteiger partial charge in [0.1, 0.15) is 5.82 Å². The number of rotatable bonds is 5. The Morgan fingerprint density at radius 3 is 2.50 bits per heavy atom. The van der Waals surface area contributed by atoms with E-state index in [1.54, 1.807) is 18.0 Å². The Morgan fingerprint density at radius 2 is 1.90 bits per heavy atom. The monoisotopic (exact) mass is 419 g/mol. The number of morpholine rings is 1. The first-order valence-electron chi connectivity index (χ1n) is 10.8. The standard InChI is InChI=1S/C21H33N5O4/c1-4-29-21(28)25-9-7-18(8-10-25)24-20(27)23-12-17-5-6-19(22-11-17)26-13-15(2)30-16(3)14-26/h5-6,11,15-16,18H,4,7-10,12-14H2,1-3H3,(H2,23,24,27). The number of anilines is 1. The summed E-state index contributed by atoms with van der Waals surface area (Å²) >= 11 is 0. The fraction of sp³-hybridized carbons (Fsp3) is 0.667. The summed E-state index contributed by atoms with van der Waals surface area (Å²) < 4.78 is 10.8. The van der Waals surface area contributed by atoms with E-state index in [9.17, 15) is 9.59 Å². The minimum Gasteiger partial charge on any atom is -0.450 e. The molecular weight excluding hydrogens is 386 g/mol. The molecule has 30 heavy (non-hydrogen) atoms. The third-order valence-corrected chi connectivity index (χ3v) is 5.36. The molecule has 0 spiro atoms.